The third-order valence-corrected chi connectivity index (χ3v) is 4.35. The van der Waals surface area contributed by atoms with Gasteiger partial charge in [0.05, 0.1) is 18.0 Å². The number of carbonyl (C=O) groups excluding carboxylic acids is 1. The van der Waals surface area contributed by atoms with Crippen molar-refractivity contribution < 1.29 is 9.53 Å². The normalized spacial score (nSPS) is 16.7. The fraction of sp³-hybridized carbons (Fsp3) is 0.500. The lowest BCUT2D eigenvalue weighted by Crippen LogP contribution is -2.44. The minimum Gasteiger partial charge on any atom is -0.368 e. The van der Waals surface area contributed by atoms with Crippen molar-refractivity contribution in [1.29, 1.82) is 0 Å². The topological polar surface area (TPSA) is 44.8 Å². The quantitative estimate of drug-likeness (QED) is 0.606. The van der Waals surface area contributed by atoms with E-state index in [0.29, 0.717) is 11.6 Å². The van der Waals surface area contributed by atoms with Gasteiger partial charge in [0, 0.05) is 31.2 Å². The molecule has 0 saturated carbocycles. The van der Waals surface area contributed by atoms with Gasteiger partial charge >= 0.3 is 0 Å². The summed E-state index contributed by atoms with van der Waals surface area (Å²) in [6, 6.07) is 5.62. The van der Waals surface area contributed by atoms with E-state index >= 15 is 0 Å². The van der Waals surface area contributed by atoms with E-state index in [1.807, 2.05) is 12.1 Å². The van der Waals surface area contributed by atoms with Crippen LogP contribution in [0.15, 0.2) is 30.9 Å². The highest BCUT2D eigenvalue weighted by Gasteiger charge is 2.20. The van der Waals surface area contributed by atoms with Crippen molar-refractivity contribution in [3.63, 3.8) is 0 Å². The lowest BCUT2D eigenvalue weighted by molar-refractivity contribution is -0.126. The molecule has 1 aromatic rings. The molecular formula is C18H26ClN3O2. The van der Waals surface area contributed by atoms with Crippen molar-refractivity contribution in [3.8, 4) is 0 Å². The number of nitrogens with one attached hydrogen (secondary N) is 1. The number of anilines is 2. The van der Waals surface area contributed by atoms with Crippen LogP contribution in [-0.4, -0.2) is 56.7 Å². The highest BCUT2D eigenvalue weighted by Crippen LogP contribution is 2.30. The molecule has 1 N–H and O–H groups in total. The minimum atomic E-state index is -0.524. The molecule has 24 heavy (non-hydrogen) atoms. The first-order valence-electron chi connectivity index (χ1n) is 8.27. The summed E-state index contributed by atoms with van der Waals surface area (Å²) in [7, 11) is 2.12. The Hall–Kier alpha value is -1.56. The smallest absolute Gasteiger partial charge is 0.253 e. The van der Waals surface area contributed by atoms with Gasteiger partial charge in [-0.2, -0.15) is 0 Å². The number of benzene rings is 1. The van der Waals surface area contributed by atoms with Crippen LogP contribution in [0.5, 0.6) is 0 Å². The molecule has 1 heterocycles. The summed E-state index contributed by atoms with van der Waals surface area (Å²) in [5.74, 6) is -0.170. The summed E-state index contributed by atoms with van der Waals surface area (Å²) in [5.41, 5.74) is 1.73. The summed E-state index contributed by atoms with van der Waals surface area (Å²) in [6.07, 6.45) is 1.97. The molecule has 1 atom stereocenters. The standard InChI is InChI=1S/C18H26ClN3O2/c1-4-5-12-24-14(2)18(23)20-16-13-15(19)6-7-17(16)22-10-8-21(3)9-11-22/h4,6-7,13-14H,1,5,8-12H2,2-3H3,(H,20,23). The summed E-state index contributed by atoms with van der Waals surface area (Å²) < 4.78 is 5.51. The van der Waals surface area contributed by atoms with Crippen LogP contribution in [0.4, 0.5) is 11.4 Å². The Morgan fingerprint density at radius 3 is 2.79 bits per heavy atom. The van der Waals surface area contributed by atoms with Crippen molar-refractivity contribution in [1.82, 2.24) is 4.90 Å². The predicted octanol–water partition coefficient (Wildman–Crippen LogP) is 3.01. The lowest BCUT2D eigenvalue weighted by Gasteiger charge is -2.35. The van der Waals surface area contributed by atoms with E-state index in [2.05, 4.69) is 28.7 Å². The van der Waals surface area contributed by atoms with Gasteiger partial charge in [-0.3, -0.25) is 4.79 Å². The molecule has 1 aliphatic rings. The summed E-state index contributed by atoms with van der Waals surface area (Å²) in [4.78, 5) is 16.9. The summed E-state index contributed by atoms with van der Waals surface area (Å²) >= 11 is 6.12. The van der Waals surface area contributed by atoms with E-state index in [9.17, 15) is 4.79 Å². The van der Waals surface area contributed by atoms with Gasteiger partial charge in [-0.1, -0.05) is 17.7 Å². The van der Waals surface area contributed by atoms with Crippen molar-refractivity contribution >= 4 is 28.9 Å². The third kappa shape index (κ3) is 5.23. The molecule has 1 saturated heterocycles. The molecule has 1 aliphatic heterocycles. The van der Waals surface area contributed by atoms with E-state index in [-0.39, 0.29) is 5.91 Å². The molecule has 0 aliphatic carbocycles. The molecule has 1 fully saturated rings. The maximum absolute atomic E-state index is 12.4. The first-order chi connectivity index (χ1) is 11.5. The second-order valence-electron chi connectivity index (χ2n) is 6.03. The second-order valence-corrected chi connectivity index (χ2v) is 6.47. The Balaban J connectivity index is 2.06. The van der Waals surface area contributed by atoms with E-state index in [1.54, 1.807) is 19.1 Å². The van der Waals surface area contributed by atoms with Crippen molar-refractivity contribution in [2.75, 3.05) is 50.1 Å². The molecule has 132 valence electrons. The van der Waals surface area contributed by atoms with Crippen molar-refractivity contribution in [3.05, 3.63) is 35.9 Å². The van der Waals surface area contributed by atoms with Crippen molar-refractivity contribution in [2.24, 2.45) is 0 Å². The molecule has 1 unspecified atom stereocenters. The number of carbonyl (C=O) groups is 1. The molecular weight excluding hydrogens is 326 g/mol. The zero-order valence-corrected chi connectivity index (χ0v) is 15.2. The van der Waals surface area contributed by atoms with Crippen LogP contribution in [0, 0.1) is 0 Å². The highest BCUT2D eigenvalue weighted by atomic mass is 35.5. The maximum atomic E-state index is 12.4. The first-order valence-corrected chi connectivity index (χ1v) is 8.65. The Morgan fingerprint density at radius 1 is 1.42 bits per heavy atom. The van der Waals surface area contributed by atoms with Gasteiger partial charge < -0.3 is 19.9 Å². The monoisotopic (exact) mass is 351 g/mol. The zero-order chi connectivity index (χ0) is 17.5. The molecule has 0 bridgehead atoms. The lowest BCUT2D eigenvalue weighted by atomic mass is 10.2. The molecule has 2 rings (SSSR count). The van der Waals surface area contributed by atoms with Crippen LogP contribution < -0.4 is 10.2 Å². The molecule has 0 aromatic heterocycles. The van der Waals surface area contributed by atoms with Crippen LogP contribution in [-0.2, 0) is 9.53 Å². The van der Waals surface area contributed by atoms with Gasteiger partial charge in [0.15, 0.2) is 0 Å². The number of rotatable bonds is 7. The fourth-order valence-electron chi connectivity index (χ4n) is 2.57. The van der Waals surface area contributed by atoms with E-state index < -0.39 is 6.10 Å². The van der Waals surface area contributed by atoms with Crippen LogP contribution in [0.3, 0.4) is 0 Å². The van der Waals surface area contributed by atoms with Crippen LogP contribution in [0.2, 0.25) is 5.02 Å². The molecule has 1 aromatic carbocycles. The van der Waals surface area contributed by atoms with Crippen molar-refractivity contribution in [2.45, 2.75) is 19.4 Å². The molecule has 0 spiro atoms. The SMILES string of the molecule is C=CCCOC(C)C(=O)Nc1cc(Cl)ccc1N1CCN(C)CC1. The minimum absolute atomic E-state index is 0.170. The molecule has 1 amide bonds. The fourth-order valence-corrected chi connectivity index (χ4v) is 2.74. The van der Waals surface area contributed by atoms with Gasteiger partial charge in [-0.05, 0) is 38.6 Å². The number of halogens is 1. The molecule has 5 nitrogen and oxygen atoms in total. The molecule has 6 heteroatoms. The van der Waals surface area contributed by atoms with Crippen LogP contribution in [0.25, 0.3) is 0 Å². The average Bonchev–Trinajstić information content (AvgIpc) is 2.56. The van der Waals surface area contributed by atoms with Gasteiger partial charge in [0.2, 0.25) is 0 Å². The Labute approximate surface area is 149 Å². The number of amides is 1. The van der Waals surface area contributed by atoms with Crippen LogP contribution >= 0.6 is 11.6 Å². The predicted molar refractivity (Wildman–Crippen MR) is 100 cm³/mol. The van der Waals surface area contributed by atoms with Gasteiger partial charge in [-0.25, -0.2) is 0 Å². The highest BCUT2D eigenvalue weighted by molar-refractivity contribution is 6.31. The summed E-state index contributed by atoms with van der Waals surface area (Å²) in [5, 5.41) is 3.56. The number of ether oxygens (including phenoxy) is 1. The number of likely N-dealkylation sites (N-methyl/N-ethyl adjacent to an activating group) is 1. The first kappa shape index (κ1) is 18.8. The average molecular weight is 352 g/mol. The largest absolute Gasteiger partial charge is 0.368 e. The van der Waals surface area contributed by atoms with E-state index in [1.165, 1.54) is 0 Å². The summed E-state index contributed by atoms with van der Waals surface area (Å²) in [6.45, 7) is 9.72. The second kappa shape index (κ2) is 9.06. The van der Waals surface area contributed by atoms with Gasteiger partial charge in [-0.15, -0.1) is 6.58 Å². The Morgan fingerprint density at radius 2 is 2.12 bits per heavy atom. The number of piperazine rings is 1. The van der Waals surface area contributed by atoms with Gasteiger partial charge in [0.25, 0.3) is 5.91 Å². The Bertz CT molecular complexity index is 571. The van der Waals surface area contributed by atoms with E-state index in [0.717, 1.165) is 44.0 Å². The zero-order valence-electron chi connectivity index (χ0n) is 14.4. The maximum Gasteiger partial charge on any atom is 0.253 e. The van der Waals surface area contributed by atoms with E-state index in [4.69, 9.17) is 16.3 Å². The van der Waals surface area contributed by atoms with Crippen LogP contribution in [0.1, 0.15) is 13.3 Å². The third-order valence-electron chi connectivity index (χ3n) is 4.12. The number of nitrogens with zero attached hydrogens (tertiary/aromatic N) is 2. The number of hydrogen-bond donors (Lipinski definition) is 1. The Kier molecular flexibility index (Phi) is 7.09. The number of hydrogen-bond acceptors (Lipinski definition) is 4. The van der Waals surface area contributed by atoms with Gasteiger partial charge in [0.1, 0.15) is 6.10 Å². The molecule has 0 radical (unpaired) electrons.